The second-order valence-electron chi connectivity index (χ2n) is 6.00. The molecule has 0 saturated heterocycles. The van der Waals surface area contributed by atoms with E-state index in [4.69, 9.17) is 30.1 Å². The lowest BCUT2D eigenvalue weighted by Gasteiger charge is -2.24. The molecule has 0 spiro atoms. The maximum atomic E-state index is 12.7. The third-order valence-electron chi connectivity index (χ3n) is 4.20. The van der Waals surface area contributed by atoms with Crippen LogP contribution < -0.4 is 14.6 Å². The number of ether oxygens (including phenoxy) is 1. The normalized spacial score (nSPS) is 13.2. The summed E-state index contributed by atoms with van der Waals surface area (Å²) in [6, 6.07) is 14.6. The van der Waals surface area contributed by atoms with Gasteiger partial charge in [0.15, 0.2) is 5.75 Å². The van der Waals surface area contributed by atoms with Gasteiger partial charge in [0.25, 0.3) is 0 Å². The Morgan fingerprint density at radius 3 is 2.13 bits per heavy atom. The van der Waals surface area contributed by atoms with Crippen molar-refractivity contribution in [3.8, 4) is 11.5 Å². The van der Waals surface area contributed by atoms with Gasteiger partial charge < -0.3 is 19.1 Å². The van der Waals surface area contributed by atoms with Gasteiger partial charge in [-0.25, -0.2) is 0 Å². The Morgan fingerprint density at radius 1 is 1.07 bits per heavy atom. The lowest BCUT2D eigenvalue weighted by Crippen LogP contribution is -2.18. The van der Waals surface area contributed by atoms with Crippen molar-refractivity contribution in [2.45, 2.75) is 5.78 Å². The number of rotatable bonds is 11. The molecule has 8 nitrogen and oxygen atoms in total. The minimum Gasteiger partial charge on any atom is -0.497 e. The number of nitrogens with zero attached hydrogens (tertiary/aromatic N) is 2. The summed E-state index contributed by atoms with van der Waals surface area (Å²) in [6.07, 6.45) is 1.71. The molecule has 0 aliphatic heterocycles. The van der Waals surface area contributed by atoms with E-state index in [2.05, 4.69) is 10.4 Å². The molecule has 30 heavy (non-hydrogen) atoms. The molecular formula is C19H26N3O5P2S+. The average molecular weight is 470 g/mol. The van der Waals surface area contributed by atoms with Gasteiger partial charge in [0.2, 0.25) is 11.8 Å². The molecule has 1 N–H and O–H groups in total. The molecule has 11 heteroatoms. The van der Waals surface area contributed by atoms with Crippen LogP contribution in [-0.2, 0) is 25.4 Å². The molecular weight excluding hydrogens is 444 g/mol. The topological polar surface area (TPSA) is 81.6 Å². The first kappa shape index (κ1) is 24.4. The molecule has 0 aliphatic carbocycles. The Hall–Kier alpha value is -1.86. The van der Waals surface area contributed by atoms with Gasteiger partial charge in [-0.05, 0) is 54.6 Å². The number of hydrogen-bond donors (Lipinski definition) is 1. The summed E-state index contributed by atoms with van der Waals surface area (Å²) in [6.45, 7) is 0. The summed E-state index contributed by atoms with van der Waals surface area (Å²) in [5.74, 6) is 0.778. The molecule has 0 fully saturated rings. The molecule has 0 heterocycles. The Bertz CT molecular complexity index is 901. The van der Waals surface area contributed by atoms with Gasteiger partial charge in [0.1, 0.15) is 11.5 Å². The molecule has 0 aromatic heterocycles. The lowest BCUT2D eigenvalue weighted by molar-refractivity contribution is 0.261. The average Bonchev–Trinajstić information content (AvgIpc) is 2.79. The van der Waals surface area contributed by atoms with Crippen LogP contribution in [0.15, 0.2) is 53.6 Å². The molecule has 2 atom stereocenters. The minimum atomic E-state index is -3.32. The highest BCUT2D eigenvalue weighted by Gasteiger charge is 2.34. The smallest absolute Gasteiger partial charge is 0.497 e. The predicted octanol–water partition coefficient (Wildman–Crippen LogP) is 4.52. The van der Waals surface area contributed by atoms with Crippen molar-refractivity contribution < 1.29 is 22.9 Å². The largest absolute Gasteiger partial charge is 0.540 e. The van der Waals surface area contributed by atoms with Gasteiger partial charge in [0, 0.05) is 14.2 Å². The Balaban J connectivity index is 2.02. The van der Waals surface area contributed by atoms with Gasteiger partial charge in [-0.15, -0.1) is 5.10 Å². The number of methoxy groups -OCH3 is 1. The van der Waals surface area contributed by atoms with Gasteiger partial charge in [0.05, 0.1) is 20.4 Å². The molecule has 0 bridgehead atoms. The number of benzene rings is 2. The summed E-state index contributed by atoms with van der Waals surface area (Å²) in [4.78, 5) is 0. The van der Waals surface area contributed by atoms with E-state index in [0.29, 0.717) is 5.75 Å². The van der Waals surface area contributed by atoms with Crippen molar-refractivity contribution in [3.05, 3.63) is 59.7 Å². The highest BCUT2D eigenvalue weighted by Crippen LogP contribution is 2.58. The fourth-order valence-electron chi connectivity index (χ4n) is 2.54. The summed E-state index contributed by atoms with van der Waals surface area (Å²) in [7, 11) is 3.07. The zero-order chi connectivity index (χ0) is 22.1. The van der Waals surface area contributed by atoms with Crippen LogP contribution in [0.2, 0.25) is 0 Å². The van der Waals surface area contributed by atoms with Crippen LogP contribution in [-0.4, -0.2) is 46.4 Å². The van der Waals surface area contributed by atoms with Gasteiger partial charge in [-0.1, -0.05) is 16.9 Å². The van der Waals surface area contributed by atoms with E-state index < -0.39 is 20.5 Å². The second-order valence-corrected chi connectivity index (χ2v) is 10.5. The SMILES string of the molecule is CNC(c1ccc(O[P+](=S)N(C)/N=C/c2ccc(OC)cc2)cc1)P(=O)(OC)OC. The van der Waals surface area contributed by atoms with E-state index in [1.165, 1.54) is 14.2 Å². The van der Waals surface area contributed by atoms with Crippen molar-refractivity contribution >= 4 is 32.7 Å². The monoisotopic (exact) mass is 470 g/mol. The maximum absolute atomic E-state index is 12.7. The maximum Gasteiger partial charge on any atom is 0.540 e. The standard InChI is InChI=1S/C19H26N3O5P2S/c1-20-19(29(23,25-4)26-5)16-8-12-18(13-9-16)27-28(30)22(2)21-14-15-6-10-17(24-3)11-7-15/h6-14,19-20H,1-5H3/q+1/b21-14+. The third-order valence-corrected chi connectivity index (χ3v) is 8.29. The molecule has 2 aromatic rings. The fraction of sp³-hybridized carbons (Fsp3) is 0.316. The predicted molar refractivity (Wildman–Crippen MR) is 123 cm³/mol. The Labute approximate surface area is 183 Å². The molecule has 0 aliphatic rings. The summed E-state index contributed by atoms with van der Waals surface area (Å²) in [5.41, 5.74) is 1.67. The second kappa shape index (κ2) is 11.5. The van der Waals surface area contributed by atoms with Crippen LogP contribution in [0.25, 0.3) is 0 Å². The van der Waals surface area contributed by atoms with Crippen LogP contribution in [0.5, 0.6) is 11.5 Å². The quantitative estimate of drug-likeness (QED) is 0.292. The van der Waals surface area contributed by atoms with Crippen molar-refractivity contribution in [2.24, 2.45) is 5.10 Å². The van der Waals surface area contributed by atoms with Gasteiger partial charge in [-0.3, -0.25) is 9.09 Å². The number of hydrogen-bond acceptors (Lipinski definition) is 8. The molecule has 0 radical (unpaired) electrons. The van der Waals surface area contributed by atoms with E-state index in [1.807, 2.05) is 24.3 Å². The zero-order valence-corrected chi connectivity index (χ0v) is 20.1. The van der Waals surface area contributed by atoms with E-state index in [-0.39, 0.29) is 0 Å². The minimum absolute atomic E-state index is 0.589. The van der Waals surface area contributed by atoms with E-state index in [0.717, 1.165) is 16.9 Å². The highest BCUT2D eigenvalue weighted by molar-refractivity contribution is 8.02. The summed E-state index contributed by atoms with van der Waals surface area (Å²) in [5, 5.41) is 7.32. The first-order chi connectivity index (χ1) is 14.4. The number of nitrogens with one attached hydrogen (secondary N) is 1. The number of hydrazone groups is 1. The zero-order valence-electron chi connectivity index (χ0n) is 17.5. The van der Waals surface area contributed by atoms with Crippen LogP contribution in [0.4, 0.5) is 0 Å². The lowest BCUT2D eigenvalue weighted by atomic mass is 10.2. The van der Waals surface area contributed by atoms with Crippen LogP contribution in [0.1, 0.15) is 16.9 Å². The van der Waals surface area contributed by atoms with Crippen molar-refractivity contribution in [1.82, 2.24) is 10.1 Å². The summed E-state index contributed by atoms with van der Waals surface area (Å²) < 4.78 is 35.4. The third kappa shape index (κ3) is 6.32. The van der Waals surface area contributed by atoms with Gasteiger partial charge >= 0.3 is 14.7 Å². The van der Waals surface area contributed by atoms with E-state index in [9.17, 15) is 4.57 Å². The van der Waals surface area contributed by atoms with Crippen LogP contribution in [0, 0.1) is 0 Å². The molecule has 2 aromatic carbocycles. The molecule has 2 unspecified atom stereocenters. The van der Waals surface area contributed by atoms with Crippen LogP contribution >= 0.6 is 14.7 Å². The fourth-order valence-corrected chi connectivity index (χ4v) is 4.90. The van der Waals surface area contributed by atoms with E-state index in [1.54, 1.807) is 56.5 Å². The van der Waals surface area contributed by atoms with Crippen molar-refractivity contribution in [2.75, 3.05) is 35.4 Å². The van der Waals surface area contributed by atoms with Crippen molar-refractivity contribution in [1.29, 1.82) is 0 Å². The molecule has 0 amide bonds. The highest BCUT2D eigenvalue weighted by atomic mass is 32.4. The Kier molecular flexibility index (Phi) is 9.37. The van der Waals surface area contributed by atoms with Crippen molar-refractivity contribution in [3.63, 3.8) is 0 Å². The van der Waals surface area contributed by atoms with E-state index >= 15 is 0 Å². The first-order valence-electron chi connectivity index (χ1n) is 8.92. The molecule has 2 rings (SSSR count). The molecule has 162 valence electrons. The van der Waals surface area contributed by atoms with Crippen LogP contribution in [0.3, 0.4) is 0 Å². The summed E-state index contributed by atoms with van der Waals surface area (Å²) >= 11 is 5.44. The first-order valence-corrected chi connectivity index (χ1v) is 12.8. The molecule has 0 saturated carbocycles. The van der Waals surface area contributed by atoms with Gasteiger partial charge in [-0.2, -0.15) is 0 Å². The Morgan fingerprint density at radius 2 is 1.63 bits per heavy atom.